The summed E-state index contributed by atoms with van der Waals surface area (Å²) in [6.07, 6.45) is 0. The fraction of sp³-hybridized carbons (Fsp3) is 0. The van der Waals surface area contributed by atoms with Crippen LogP contribution in [0.3, 0.4) is 0 Å². The molecule has 0 aliphatic heterocycles. The van der Waals surface area contributed by atoms with Gasteiger partial charge in [-0.2, -0.15) is 0 Å². The third-order valence-corrected chi connectivity index (χ3v) is 0. The molecule has 7 N–H and O–H groups in total. The van der Waals surface area contributed by atoms with Crippen molar-refractivity contribution in [2.45, 2.75) is 0 Å². The molecule has 0 amide bonds. The Labute approximate surface area is 94.9 Å². The molecule has 0 aromatic heterocycles. The van der Waals surface area contributed by atoms with Gasteiger partial charge in [-0.3, -0.25) is 0 Å². The zero-order valence-electron chi connectivity index (χ0n) is 4.73. The molecule has 0 saturated carbocycles. The molecule has 0 radical (unpaired) electrons. The smallest absolute Gasteiger partial charge is 0.870 e. The fourth-order valence-corrected chi connectivity index (χ4v) is 0. The molecule has 0 rings (SSSR count). The standard InChI is InChI=1S/Al.Mg.Ni.7H2O/h;;;7*1H2/q+3;2*+2;;;;;;;/p-7. The Morgan fingerprint density at radius 1 is 0.400 bits per heavy atom. The summed E-state index contributed by atoms with van der Waals surface area (Å²) in [5.74, 6) is 0. The summed E-state index contributed by atoms with van der Waals surface area (Å²) >= 11 is 0. The van der Waals surface area contributed by atoms with E-state index >= 15 is 0 Å². The first-order chi connectivity index (χ1) is 0. The minimum atomic E-state index is 0. The van der Waals surface area contributed by atoms with E-state index in [0.717, 1.165) is 0 Å². The molecule has 0 aromatic carbocycles. The van der Waals surface area contributed by atoms with Crippen molar-refractivity contribution < 1.29 is 54.8 Å². The summed E-state index contributed by atoms with van der Waals surface area (Å²) in [6.45, 7) is 0. The number of hydrogen-bond acceptors (Lipinski definition) is 7. The van der Waals surface area contributed by atoms with E-state index in [1.165, 1.54) is 0 Å². The Balaban J connectivity index is 0. The van der Waals surface area contributed by atoms with Crippen LogP contribution < -0.4 is 0 Å². The quantitative estimate of drug-likeness (QED) is 0.425. The summed E-state index contributed by atoms with van der Waals surface area (Å²) in [4.78, 5) is 0. The first-order valence-corrected chi connectivity index (χ1v) is 0. The zero-order valence-corrected chi connectivity index (χ0v) is 8.29. The Bertz CT molecular complexity index is 13.6. The van der Waals surface area contributed by atoms with E-state index in [1.807, 2.05) is 0 Å². The summed E-state index contributed by atoms with van der Waals surface area (Å²) in [7, 11) is 0. The average Bonchev–Trinajstić information content (AvgIpc) is 0. The van der Waals surface area contributed by atoms with E-state index in [4.69, 9.17) is 0 Å². The van der Waals surface area contributed by atoms with Gasteiger partial charge in [-0.25, -0.2) is 0 Å². The molecule has 10 heavy (non-hydrogen) atoms. The Morgan fingerprint density at radius 2 is 0.400 bits per heavy atom. The molecule has 0 spiro atoms. The molecule has 10 heteroatoms. The van der Waals surface area contributed by atoms with Crippen LogP contribution in [-0.2, 0) is 16.5 Å². The minimum Gasteiger partial charge on any atom is -0.870 e. The largest absolute Gasteiger partial charge is 3.00 e. The maximum Gasteiger partial charge on any atom is 3.00 e. The molecule has 64 valence electrons. The second-order valence-corrected chi connectivity index (χ2v) is 0. The van der Waals surface area contributed by atoms with Gasteiger partial charge in [0.25, 0.3) is 0 Å². The first kappa shape index (κ1) is 556. The SMILES string of the molecule is [Al+3].[Mg+2].[Ni+2].[OH-].[OH-].[OH-].[OH-].[OH-].[OH-].[OH-]. The van der Waals surface area contributed by atoms with E-state index in [-0.39, 0.29) is 95.2 Å². The van der Waals surface area contributed by atoms with Crippen molar-refractivity contribution in [3.63, 3.8) is 0 Å². The first-order valence-electron chi connectivity index (χ1n) is 0. The Morgan fingerprint density at radius 3 is 0.400 bits per heavy atom. The van der Waals surface area contributed by atoms with Crippen LogP contribution in [0.15, 0.2) is 0 Å². The van der Waals surface area contributed by atoms with Crippen LogP contribution in [0.25, 0.3) is 0 Å². The molecule has 0 saturated heterocycles. The fourth-order valence-electron chi connectivity index (χ4n) is 0. The van der Waals surface area contributed by atoms with Crippen LogP contribution >= 0.6 is 0 Å². The summed E-state index contributed by atoms with van der Waals surface area (Å²) in [5, 5.41) is 0. The molecular formula is H7AlMgNiO7. The molecule has 0 aliphatic carbocycles. The van der Waals surface area contributed by atoms with Crippen LogP contribution in [-0.4, -0.2) is 78.7 Å². The molecule has 0 atom stereocenters. The maximum absolute atomic E-state index is 0. The van der Waals surface area contributed by atoms with Gasteiger partial charge in [-0.05, 0) is 0 Å². The van der Waals surface area contributed by atoms with Crippen LogP contribution in [0.1, 0.15) is 0 Å². The number of rotatable bonds is 0. The topological polar surface area (TPSA) is 210 Å². The maximum atomic E-state index is 0. The van der Waals surface area contributed by atoms with Crippen LogP contribution in [0.2, 0.25) is 0 Å². The van der Waals surface area contributed by atoms with Gasteiger partial charge in [0.1, 0.15) is 0 Å². The van der Waals surface area contributed by atoms with Gasteiger partial charge in [0, 0.05) is 0 Å². The van der Waals surface area contributed by atoms with Crippen LogP contribution in [0, 0.1) is 0 Å². The molecule has 0 bridgehead atoms. The molecule has 0 heterocycles. The molecule has 0 aromatic rings. The summed E-state index contributed by atoms with van der Waals surface area (Å²) in [5.41, 5.74) is 0. The van der Waals surface area contributed by atoms with Crippen molar-refractivity contribution in [1.29, 1.82) is 0 Å². The monoisotopic (exact) mass is 228 g/mol. The summed E-state index contributed by atoms with van der Waals surface area (Å²) < 4.78 is 0. The summed E-state index contributed by atoms with van der Waals surface area (Å²) in [6, 6.07) is 0. The van der Waals surface area contributed by atoms with E-state index < -0.39 is 0 Å². The van der Waals surface area contributed by atoms with Crippen LogP contribution in [0.5, 0.6) is 0 Å². The average molecular weight is 229 g/mol. The zero-order chi connectivity index (χ0) is 0. The van der Waals surface area contributed by atoms with Crippen molar-refractivity contribution in [2.24, 2.45) is 0 Å². The molecular weight excluding hydrogens is 222 g/mol. The van der Waals surface area contributed by atoms with E-state index in [9.17, 15) is 0 Å². The van der Waals surface area contributed by atoms with Crippen molar-refractivity contribution in [3.8, 4) is 0 Å². The Kier molecular flexibility index (Phi) is 23100. The van der Waals surface area contributed by atoms with Gasteiger partial charge in [0.05, 0.1) is 0 Å². The third-order valence-electron chi connectivity index (χ3n) is 0. The predicted octanol–water partition coefficient (Wildman–Crippen LogP) is -2.00. The van der Waals surface area contributed by atoms with Gasteiger partial charge in [-0.15, -0.1) is 0 Å². The van der Waals surface area contributed by atoms with Gasteiger partial charge >= 0.3 is 56.9 Å². The molecule has 0 aliphatic rings. The normalized spacial score (nSPS) is 0. The van der Waals surface area contributed by atoms with Crippen molar-refractivity contribution in [1.82, 2.24) is 0 Å². The van der Waals surface area contributed by atoms with Gasteiger partial charge in [0.2, 0.25) is 0 Å². The van der Waals surface area contributed by atoms with E-state index in [2.05, 4.69) is 0 Å². The van der Waals surface area contributed by atoms with Crippen molar-refractivity contribution in [2.75, 3.05) is 0 Å². The molecule has 7 nitrogen and oxygen atoms in total. The van der Waals surface area contributed by atoms with Crippen molar-refractivity contribution >= 4 is 40.4 Å². The van der Waals surface area contributed by atoms with Gasteiger partial charge in [0.15, 0.2) is 0 Å². The predicted molar refractivity (Wildman–Crippen MR) is 25.1 cm³/mol. The van der Waals surface area contributed by atoms with Crippen molar-refractivity contribution in [3.05, 3.63) is 0 Å². The minimum absolute atomic E-state index is 0. The van der Waals surface area contributed by atoms with Crippen LogP contribution in [0.4, 0.5) is 0 Å². The molecule has 0 unspecified atom stereocenters. The molecule has 0 fully saturated rings. The third kappa shape index (κ3) is 301. The second-order valence-electron chi connectivity index (χ2n) is 0. The second kappa shape index (κ2) is 416. The van der Waals surface area contributed by atoms with E-state index in [0.29, 0.717) is 0 Å². The van der Waals surface area contributed by atoms with E-state index in [1.54, 1.807) is 0 Å². The number of hydrogen-bond donors (Lipinski definition) is 0. The van der Waals surface area contributed by atoms with Gasteiger partial charge in [-0.1, -0.05) is 0 Å². The Hall–Kier alpha value is 1.51. The van der Waals surface area contributed by atoms with Gasteiger partial charge < -0.3 is 38.3 Å².